The first-order valence-corrected chi connectivity index (χ1v) is 9.97. The number of amides is 2. The van der Waals surface area contributed by atoms with Gasteiger partial charge >= 0.3 is 6.09 Å². The van der Waals surface area contributed by atoms with E-state index in [0.717, 1.165) is 30.5 Å². The van der Waals surface area contributed by atoms with Crippen LogP contribution < -0.4 is 10.6 Å². The Morgan fingerprint density at radius 1 is 1.14 bits per heavy atom. The van der Waals surface area contributed by atoms with Crippen LogP contribution in [0, 0.1) is 0 Å². The van der Waals surface area contributed by atoms with Crippen molar-refractivity contribution < 1.29 is 14.3 Å². The van der Waals surface area contributed by atoms with Gasteiger partial charge in [0.2, 0.25) is 5.95 Å². The second kappa shape index (κ2) is 7.46. The summed E-state index contributed by atoms with van der Waals surface area (Å²) in [6.07, 6.45) is 8.60. The summed E-state index contributed by atoms with van der Waals surface area (Å²) in [5, 5.41) is 5.88. The first-order valence-electron chi connectivity index (χ1n) is 9.97. The van der Waals surface area contributed by atoms with Crippen LogP contribution in [-0.2, 0) is 17.6 Å². The topological polar surface area (TPSA) is 111 Å². The Kier molecular flexibility index (Phi) is 4.97. The molecule has 4 rings (SSSR count). The summed E-state index contributed by atoms with van der Waals surface area (Å²) in [6, 6.07) is 0.0129. The lowest BCUT2D eigenvalue weighted by Gasteiger charge is -2.36. The van der Waals surface area contributed by atoms with E-state index in [9.17, 15) is 9.59 Å². The quantitative estimate of drug-likeness (QED) is 0.814. The Morgan fingerprint density at radius 3 is 2.59 bits per heavy atom. The predicted octanol–water partition coefficient (Wildman–Crippen LogP) is 1.94. The first-order chi connectivity index (χ1) is 13.8. The molecule has 2 aromatic rings. The average Bonchev–Trinajstić information content (AvgIpc) is 3.28. The molecule has 2 N–H and O–H groups in total. The second-order valence-corrected chi connectivity index (χ2v) is 8.61. The van der Waals surface area contributed by atoms with Crippen molar-refractivity contribution in [3.63, 3.8) is 0 Å². The van der Waals surface area contributed by atoms with E-state index in [2.05, 4.69) is 25.6 Å². The second-order valence-electron chi connectivity index (χ2n) is 8.61. The predicted molar refractivity (Wildman–Crippen MR) is 105 cm³/mol. The number of carbonyl (C=O) groups is 2. The number of hydrogen-bond donors (Lipinski definition) is 2. The van der Waals surface area contributed by atoms with Gasteiger partial charge in [-0.3, -0.25) is 9.36 Å². The van der Waals surface area contributed by atoms with Crippen molar-refractivity contribution in [1.82, 2.24) is 30.2 Å². The van der Waals surface area contributed by atoms with Crippen LogP contribution in [0.3, 0.4) is 0 Å². The van der Waals surface area contributed by atoms with Gasteiger partial charge in [-0.05, 0) is 52.9 Å². The van der Waals surface area contributed by atoms with Crippen LogP contribution in [0.2, 0.25) is 0 Å². The molecule has 0 radical (unpaired) electrons. The lowest BCUT2D eigenvalue weighted by Crippen LogP contribution is -2.54. The molecule has 9 heteroatoms. The first kappa shape index (κ1) is 19.4. The average molecular weight is 398 g/mol. The fraction of sp³-hybridized carbons (Fsp3) is 0.550. The molecule has 0 aliphatic heterocycles. The Balaban J connectivity index is 1.38. The molecule has 154 valence electrons. The molecule has 0 unspecified atom stereocenters. The molecule has 2 heterocycles. The fourth-order valence-corrected chi connectivity index (χ4v) is 3.68. The Hall–Kier alpha value is -2.97. The molecule has 0 atom stereocenters. The summed E-state index contributed by atoms with van der Waals surface area (Å²) in [5.74, 6) is 0.277. The lowest BCUT2D eigenvalue weighted by atomic mass is 9.86. The van der Waals surface area contributed by atoms with Crippen molar-refractivity contribution in [1.29, 1.82) is 0 Å². The number of aromatic nitrogens is 4. The third kappa shape index (κ3) is 4.38. The van der Waals surface area contributed by atoms with Crippen LogP contribution in [0.1, 0.15) is 61.8 Å². The Labute approximate surface area is 169 Å². The highest BCUT2D eigenvalue weighted by Gasteiger charge is 2.34. The van der Waals surface area contributed by atoms with Crippen LogP contribution in [0.4, 0.5) is 4.79 Å². The van der Waals surface area contributed by atoms with Crippen LogP contribution in [0.5, 0.6) is 0 Å². The van der Waals surface area contributed by atoms with Crippen molar-refractivity contribution in [3.05, 3.63) is 35.7 Å². The zero-order valence-electron chi connectivity index (χ0n) is 16.9. The third-order valence-corrected chi connectivity index (χ3v) is 5.07. The molecule has 0 spiro atoms. The number of fused-ring (bicyclic) bond motifs is 1. The van der Waals surface area contributed by atoms with Crippen LogP contribution in [0.15, 0.2) is 18.7 Å². The lowest BCUT2D eigenvalue weighted by molar-refractivity contribution is 0.0465. The van der Waals surface area contributed by atoms with Crippen molar-refractivity contribution >= 4 is 12.0 Å². The minimum atomic E-state index is -0.526. The SMILES string of the molecule is CC(C)(C)OC(=O)NC1CC(NC(=O)c2nc(-n3ccnc3)nc3c2CCC3)C1. The molecule has 1 saturated carbocycles. The van der Waals surface area contributed by atoms with Crippen LogP contribution in [-0.4, -0.2) is 49.2 Å². The summed E-state index contributed by atoms with van der Waals surface area (Å²) >= 11 is 0. The number of nitrogens with one attached hydrogen (secondary N) is 2. The van der Waals surface area contributed by atoms with E-state index in [-0.39, 0.29) is 18.0 Å². The number of rotatable bonds is 4. The van der Waals surface area contributed by atoms with Gasteiger partial charge in [0.15, 0.2) is 0 Å². The maximum Gasteiger partial charge on any atom is 0.407 e. The molecule has 2 aliphatic carbocycles. The van der Waals surface area contributed by atoms with E-state index in [1.807, 2.05) is 20.8 Å². The largest absolute Gasteiger partial charge is 0.444 e. The number of carbonyl (C=O) groups excluding carboxylic acids is 2. The van der Waals surface area contributed by atoms with E-state index in [0.29, 0.717) is 24.5 Å². The number of imidazole rings is 1. The Bertz CT molecular complexity index is 913. The van der Waals surface area contributed by atoms with E-state index in [4.69, 9.17) is 4.74 Å². The molecule has 0 bridgehead atoms. The van der Waals surface area contributed by atoms with Crippen molar-refractivity contribution in [2.45, 2.75) is 70.6 Å². The normalized spacial score (nSPS) is 20.5. The number of aryl methyl sites for hydroxylation is 1. The van der Waals surface area contributed by atoms with Gasteiger partial charge in [-0.15, -0.1) is 0 Å². The smallest absolute Gasteiger partial charge is 0.407 e. The molecule has 2 amide bonds. The summed E-state index contributed by atoms with van der Waals surface area (Å²) in [5.41, 5.74) is 1.79. The molecule has 29 heavy (non-hydrogen) atoms. The number of nitrogens with zero attached hydrogens (tertiary/aromatic N) is 4. The number of alkyl carbamates (subject to hydrolysis) is 1. The Morgan fingerprint density at radius 2 is 1.90 bits per heavy atom. The molecular formula is C20H26N6O3. The van der Waals surface area contributed by atoms with Gasteiger partial charge < -0.3 is 15.4 Å². The number of ether oxygens (including phenoxy) is 1. The molecular weight excluding hydrogens is 372 g/mol. The molecule has 0 aromatic carbocycles. The van der Waals surface area contributed by atoms with Gasteiger partial charge in [-0.2, -0.15) is 0 Å². The summed E-state index contributed by atoms with van der Waals surface area (Å²) in [6.45, 7) is 5.48. The van der Waals surface area contributed by atoms with Gasteiger partial charge in [0, 0.05) is 35.7 Å². The van der Waals surface area contributed by atoms with Gasteiger partial charge in [0.05, 0.1) is 0 Å². The highest BCUT2D eigenvalue weighted by atomic mass is 16.6. The monoisotopic (exact) mass is 398 g/mol. The van der Waals surface area contributed by atoms with E-state index >= 15 is 0 Å². The van der Waals surface area contributed by atoms with Gasteiger partial charge in [0.25, 0.3) is 5.91 Å². The third-order valence-electron chi connectivity index (χ3n) is 5.07. The van der Waals surface area contributed by atoms with E-state index in [1.54, 1.807) is 23.3 Å². The van der Waals surface area contributed by atoms with Crippen molar-refractivity contribution in [3.8, 4) is 5.95 Å². The molecule has 2 aliphatic rings. The van der Waals surface area contributed by atoms with Gasteiger partial charge in [-0.1, -0.05) is 0 Å². The summed E-state index contributed by atoms with van der Waals surface area (Å²) in [7, 11) is 0. The van der Waals surface area contributed by atoms with Gasteiger partial charge in [0.1, 0.15) is 17.6 Å². The van der Waals surface area contributed by atoms with E-state index < -0.39 is 11.7 Å². The van der Waals surface area contributed by atoms with Crippen molar-refractivity contribution in [2.75, 3.05) is 0 Å². The fourth-order valence-electron chi connectivity index (χ4n) is 3.68. The number of hydrogen-bond acceptors (Lipinski definition) is 6. The van der Waals surface area contributed by atoms with E-state index in [1.165, 1.54) is 0 Å². The maximum absolute atomic E-state index is 12.9. The van der Waals surface area contributed by atoms with Gasteiger partial charge in [-0.25, -0.2) is 19.7 Å². The maximum atomic E-state index is 12.9. The minimum absolute atomic E-state index is 0.00569. The minimum Gasteiger partial charge on any atom is -0.444 e. The summed E-state index contributed by atoms with van der Waals surface area (Å²) in [4.78, 5) is 37.9. The summed E-state index contributed by atoms with van der Waals surface area (Å²) < 4.78 is 6.97. The molecule has 1 fully saturated rings. The highest BCUT2D eigenvalue weighted by Crippen LogP contribution is 2.25. The standard InChI is InChI=1S/C20H26N6O3/c1-20(2,3)29-19(28)23-13-9-12(10-13)22-17(27)16-14-5-4-6-15(14)24-18(25-16)26-8-7-21-11-26/h7-8,11-13H,4-6,9-10H2,1-3H3,(H,22,27)(H,23,28). The molecule has 9 nitrogen and oxygen atoms in total. The highest BCUT2D eigenvalue weighted by molar-refractivity contribution is 5.94. The zero-order valence-corrected chi connectivity index (χ0v) is 16.9. The zero-order chi connectivity index (χ0) is 20.6. The molecule has 2 aromatic heterocycles. The van der Waals surface area contributed by atoms with Crippen LogP contribution >= 0.6 is 0 Å². The molecule has 0 saturated heterocycles. The van der Waals surface area contributed by atoms with Crippen LogP contribution in [0.25, 0.3) is 5.95 Å². The van der Waals surface area contributed by atoms with Crippen molar-refractivity contribution in [2.24, 2.45) is 0 Å².